The van der Waals surface area contributed by atoms with Crippen LogP contribution in [0.4, 0.5) is 28.2 Å². The van der Waals surface area contributed by atoms with Crippen LogP contribution in [0.25, 0.3) is 28.0 Å². The van der Waals surface area contributed by atoms with Crippen LogP contribution in [0.15, 0.2) is 55.1 Å². The van der Waals surface area contributed by atoms with Gasteiger partial charge in [0.2, 0.25) is 0 Å². The molecule has 9 nitrogen and oxygen atoms in total. The number of rotatable bonds is 4. The molecule has 1 aromatic carbocycles. The summed E-state index contributed by atoms with van der Waals surface area (Å²) in [6.07, 6.45) is -1.15. The van der Waals surface area contributed by atoms with Gasteiger partial charge in [0.25, 0.3) is 0 Å². The number of amides is 1. The van der Waals surface area contributed by atoms with Crippen LogP contribution >= 0.6 is 0 Å². The number of alkyl halides is 3. The highest BCUT2D eigenvalue weighted by molar-refractivity contribution is 6.02. The van der Waals surface area contributed by atoms with Crippen LogP contribution in [0.2, 0.25) is 0 Å². The van der Waals surface area contributed by atoms with Gasteiger partial charge in [-0.2, -0.15) is 18.4 Å². The van der Waals surface area contributed by atoms with Gasteiger partial charge >= 0.3 is 12.3 Å². The molecule has 3 aromatic heterocycles. The van der Waals surface area contributed by atoms with Crippen molar-refractivity contribution >= 4 is 22.9 Å². The molecule has 0 spiro atoms. The monoisotopic (exact) mass is 539 g/mol. The number of benzene rings is 1. The highest BCUT2D eigenvalue weighted by Gasteiger charge is 2.35. The van der Waals surface area contributed by atoms with Crippen molar-refractivity contribution in [2.45, 2.75) is 19.1 Å². The number of aromatic nitrogens is 4. The number of ether oxygens (including phenoxy) is 1. The van der Waals surface area contributed by atoms with Crippen LogP contribution in [0, 0.1) is 17.1 Å². The number of fused-ring (bicyclic) bond motifs is 1. The molecule has 0 saturated carbocycles. The lowest BCUT2D eigenvalue weighted by Gasteiger charge is -2.39. The number of carbonyl (C=O) groups excluding carboxylic acids is 1. The van der Waals surface area contributed by atoms with Crippen LogP contribution in [0.3, 0.4) is 0 Å². The number of piperazine rings is 1. The Labute approximate surface area is 219 Å². The molecule has 200 valence electrons. The summed E-state index contributed by atoms with van der Waals surface area (Å²) in [6, 6.07) is 11.0. The Kier molecular flexibility index (Phi) is 6.78. The molecule has 1 fully saturated rings. The summed E-state index contributed by atoms with van der Waals surface area (Å²) in [5, 5.41) is 9.87. The molecule has 39 heavy (non-hydrogen) atoms. The predicted octanol–water partition coefficient (Wildman–Crippen LogP) is 4.70. The third-order valence-corrected chi connectivity index (χ3v) is 6.37. The summed E-state index contributed by atoms with van der Waals surface area (Å²) in [7, 11) is 0. The fourth-order valence-corrected chi connectivity index (χ4v) is 4.61. The summed E-state index contributed by atoms with van der Waals surface area (Å²) >= 11 is 0. The number of hydrogen-bond acceptors (Lipinski definition) is 7. The number of anilines is 1. The second-order valence-electron chi connectivity index (χ2n) is 8.96. The number of nitrogens with zero attached hydrogens (tertiary/aromatic N) is 7. The van der Waals surface area contributed by atoms with Gasteiger partial charge in [0, 0.05) is 49.2 Å². The van der Waals surface area contributed by atoms with Gasteiger partial charge in [-0.3, -0.25) is 4.57 Å². The molecule has 1 aliphatic heterocycles. The largest absolute Gasteiger partial charge is 0.440 e. The average molecular weight is 539 g/mol. The minimum Gasteiger partial charge on any atom is -0.440 e. The van der Waals surface area contributed by atoms with E-state index in [1.54, 1.807) is 48.0 Å². The van der Waals surface area contributed by atoms with Crippen molar-refractivity contribution in [1.82, 2.24) is 24.4 Å². The molecule has 13 heteroatoms. The average Bonchev–Trinajstić information content (AvgIpc) is 3.31. The first-order chi connectivity index (χ1) is 18.7. The maximum absolute atomic E-state index is 15.0. The van der Waals surface area contributed by atoms with Crippen molar-refractivity contribution in [3.05, 3.63) is 66.5 Å². The minimum absolute atomic E-state index is 0.0882. The normalized spacial score (nSPS) is 15.8. The Morgan fingerprint density at radius 1 is 1.15 bits per heavy atom. The van der Waals surface area contributed by atoms with Gasteiger partial charge in [-0.25, -0.2) is 24.1 Å². The summed E-state index contributed by atoms with van der Waals surface area (Å²) in [5.41, 5.74) is 1.59. The van der Waals surface area contributed by atoms with Crippen molar-refractivity contribution in [3.63, 3.8) is 0 Å². The number of halogens is 4. The smallest absolute Gasteiger partial charge is 0.422 e. The molecule has 0 radical (unpaired) electrons. The Morgan fingerprint density at radius 2 is 1.95 bits per heavy atom. The second-order valence-corrected chi connectivity index (χ2v) is 8.96. The van der Waals surface area contributed by atoms with Gasteiger partial charge in [-0.15, -0.1) is 0 Å². The van der Waals surface area contributed by atoms with E-state index < -0.39 is 30.7 Å². The maximum Gasteiger partial charge on any atom is 0.422 e. The Bertz CT molecular complexity index is 1580. The van der Waals surface area contributed by atoms with E-state index in [0.29, 0.717) is 39.4 Å². The number of carbonyl (C=O) groups is 1. The first kappa shape index (κ1) is 25.9. The van der Waals surface area contributed by atoms with Gasteiger partial charge in [-0.05, 0) is 25.1 Å². The third kappa shape index (κ3) is 5.18. The van der Waals surface area contributed by atoms with Crippen molar-refractivity contribution < 1.29 is 27.1 Å². The highest BCUT2D eigenvalue weighted by atomic mass is 19.4. The molecule has 0 bridgehead atoms. The molecule has 1 aliphatic rings. The Morgan fingerprint density at radius 3 is 2.67 bits per heavy atom. The van der Waals surface area contributed by atoms with Crippen molar-refractivity contribution in [3.8, 4) is 23.0 Å². The van der Waals surface area contributed by atoms with Crippen molar-refractivity contribution in [2.75, 3.05) is 31.1 Å². The van der Waals surface area contributed by atoms with Crippen LogP contribution in [0.5, 0.6) is 0 Å². The summed E-state index contributed by atoms with van der Waals surface area (Å²) in [5.74, 6) is 0.399. The summed E-state index contributed by atoms with van der Waals surface area (Å²) in [4.78, 5) is 28.7. The lowest BCUT2D eigenvalue weighted by Crippen LogP contribution is -2.54. The highest BCUT2D eigenvalue weighted by Crippen LogP contribution is 2.38. The van der Waals surface area contributed by atoms with Crippen LogP contribution in [0.1, 0.15) is 12.5 Å². The molecule has 4 heterocycles. The number of pyridine rings is 1. The lowest BCUT2D eigenvalue weighted by atomic mass is 10.0. The van der Waals surface area contributed by atoms with E-state index in [4.69, 9.17) is 0 Å². The molecule has 5 rings (SSSR count). The standard InChI is InChI=1S/C26H21F4N7O2/c1-16-12-35(8-9-36(16)25(38)39-14-26(28,29)30)23-22-19(18-4-2-3-5-20(18)27)13-37(24(22)34-15-33-23)21-10-17(11-31)6-7-32-21/h2-7,10,13,15-16H,8-9,12,14H2,1H3/t16-/m1/s1. The topological polar surface area (TPSA) is 100 Å². The van der Waals surface area contributed by atoms with E-state index in [2.05, 4.69) is 25.8 Å². The molecule has 0 aliphatic carbocycles. The minimum atomic E-state index is -4.62. The van der Waals surface area contributed by atoms with Gasteiger partial charge < -0.3 is 14.5 Å². The van der Waals surface area contributed by atoms with E-state index in [-0.39, 0.29) is 19.6 Å². The number of hydrogen-bond donors (Lipinski definition) is 0. The van der Waals surface area contributed by atoms with Gasteiger partial charge in [0.05, 0.1) is 17.0 Å². The summed E-state index contributed by atoms with van der Waals surface area (Å²) < 4.78 is 58.6. The Balaban J connectivity index is 1.56. The SMILES string of the molecule is C[C@@H]1CN(c2ncnc3c2c(-c2ccccc2F)cn3-c2cc(C#N)ccn2)CCN1C(=O)OCC(F)(F)F. The van der Waals surface area contributed by atoms with Crippen molar-refractivity contribution in [2.24, 2.45) is 0 Å². The first-order valence-electron chi connectivity index (χ1n) is 11.9. The van der Waals surface area contributed by atoms with E-state index in [9.17, 15) is 23.2 Å². The second kappa shape index (κ2) is 10.2. The molecule has 1 saturated heterocycles. The molecular weight excluding hydrogens is 518 g/mol. The number of nitriles is 1. The molecule has 1 atom stereocenters. The molecular formula is C26H21F4N7O2. The zero-order valence-electron chi connectivity index (χ0n) is 20.6. The first-order valence-corrected chi connectivity index (χ1v) is 11.9. The maximum atomic E-state index is 15.0. The van der Waals surface area contributed by atoms with Crippen LogP contribution in [-0.2, 0) is 4.74 Å². The molecule has 4 aromatic rings. The van der Waals surface area contributed by atoms with E-state index in [1.165, 1.54) is 23.5 Å². The van der Waals surface area contributed by atoms with E-state index >= 15 is 4.39 Å². The van der Waals surface area contributed by atoms with E-state index in [1.807, 2.05) is 4.90 Å². The quantitative estimate of drug-likeness (QED) is 0.347. The van der Waals surface area contributed by atoms with Crippen LogP contribution in [-0.4, -0.2) is 69.0 Å². The fourth-order valence-electron chi connectivity index (χ4n) is 4.61. The zero-order valence-corrected chi connectivity index (χ0v) is 20.6. The lowest BCUT2D eigenvalue weighted by molar-refractivity contribution is -0.162. The van der Waals surface area contributed by atoms with Gasteiger partial charge in [0.1, 0.15) is 23.8 Å². The molecule has 1 amide bonds. The van der Waals surface area contributed by atoms with E-state index in [0.717, 1.165) is 0 Å². The summed E-state index contributed by atoms with van der Waals surface area (Å²) in [6.45, 7) is 0.593. The van der Waals surface area contributed by atoms with Gasteiger partial charge in [0.15, 0.2) is 12.3 Å². The molecule has 0 unspecified atom stereocenters. The fraction of sp³-hybridized carbons (Fsp3) is 0.269. The molecule has 0 N–H and O–H groups in total. The third-order valence-electron chi connectivity index (χ3n) is 6.37. The van der Waals surface area contributed by atoms with Crippen LogP contribution < -0.4 is 4.90 Å². The van der Waals surface area contributed by atoms with Gasteiger partial charge in [-0.1, -0.05) is 18.2 Å². The predicted molar refractivity (Wildman–Crippen MR) is 133 cm³/mol. The Hall–Kier alpha value is -4.73. The van der Waals surface area contributed by atoms with Crippen molar-refractivity contribution in [1.29, 1.82) is 5.26 Å². The zero-order chi connectivity index (χ0) is 27.7.